The minimum Gasteiger partial charge on any atom is -0.423 e. The van der Waals surface area contributed by atoms with Crippen LogP contribution in [0.15, 0.2) is 97.1 Å². The summed E-state index contributed by atoms with van der Waals surface area (Å²) in [4.78, 5) is 0. The fraction of sp³-hybridized carbons (Fsp3) is 0. The molecule has 0 saturated carbocycles. The van der Waals surface area contributed by atoms with E-state index in [2.05, 4.69) is 54.6 Å². The monoisotopic (exact) mass is 350 g/mol. The molecule has 4 rings (SSSR count). The minimum absolute atomic E-state index is 0.485. The van der Waals surface area contributed by atoms with Gasteiger partial charge in [0.25, 0.3) is 0 Å². The zero-order valence-corrected chi connectivity index (χ0v) is 14.8. The number of hydrogen-bond acceptors (Lipinski definition) is 2. The van der Waals surface area contributed by atoms with Crippen LogP contribution < -0.4 is 5.46 Å². The van der Waals surface area contributed by atoms with E-state index in [1.807, 2.05) is 36.4 Å². The second kappa shape index (κ2) is 7.62. The fourth-order valence-corrected chi connectivity index (χ4v) is 3.24. The van der Waals surface area contributed by atoms with Gasteiger partial charge < -0.3 is 10.0 Å². The largest absolute Gasteiger partial charge is 0.488 e. The molecule has 27 heavy (non-hydrogen) atoms. The van der Waals surface area contributed by atoms with Gasteiger partial charge in [0.05, 0.1) is 0 Å². The summed E-state index contributed by atoms with van der Waals surface area (Å²) in [6.45, 7) is 0. The van der Waals surface area contributed by atoms with E-state index < -0.39 is 7.12 Å². The van der Waals surface area contributed by atoms with Gasteiger partial charge in [-0.25, -0.2) is 0 Å². The average molecular weight is 350 g/mol. The van der Waals surface area contributed by atoms with Crippen molar-refractivity contribution in [2.24, 2.45) is 0 Å². The van der Waals surface area contributed by atoms with Crippen molar-refractivity contribution >= 4 is 35.0 Å². The molecule has 4 aromatic rings. The Morgan fingerprint density at radius 3 is 2.00 bits per heavy atom. The fourth-order valence-electron chi connectivity index (χ4n) is 3.24. The topological polar surface area (TPSA) is 40.5 Å². The van der Waals surface area contributed by atoms with Crippen LogP contribution >= 0.6 is 0 Å². The molecule has 2 nitrogen and oxygen atoms in total. The molecule has 130 valence electrons. The van der Waals surface area contributed by atoms with Crippen molar-refractivity contribution in [3.63, 3.8) is 0 Å². The third-order valence-corrected chi connectivity index (χ3v) is 4.69. The van der Waals surface area contributed by atoms with Crippen LogP contribution in [0.3, 0.4) is 0 Å². The van der Waals surface area contributed by atoms with Gasteiger partial charge in [0, 0.05) is 0 Å². The summed E-state index contributed by atoms with van der Waals surface area (Å²) in [7, 11) is -1.45. The van der Waals surface area contributed by atoms with E-state index in [1.165, 1.54) is 10.8 Å². The summed E-state index contributed by atoms with van der Waals surface area (Å²) >= 11 is 0. The normalized spacial score (nSPS) is 11.6. The molecule has 0 heterocycles. The van der Waals surface area contributed by atoms with E-state index in [-0.39, 0.29) is 0 Å². The van der Waals surface area contributed by atoms with Gasteiger partial charge in [0.15, 0.2) is 0 Å². The first-order valence-electron chi connectivity index (χ1n) is 8.93. The molecule has 0 unspecified atom stereocenters. The van der Waals surface area contributed by atoms with Crippen LogP contribution in [-0.2, 0) is 0 Å². The third kappa shape index (κ3) is 3.85. The Labute approximate surface area is 159 Å². The maximum Gasteiger partial charge on any atom is 0.488 e. The van der Waals surface area contributed by atoms with Crippen LogP contribution in [0.5, 0.6) is 0 Å². The lowest BCUT2D eigenvalue weighted by atomic mass is 9.80. The van der Waals surface area contributed by atoms with Gasteiger partial charge in [-0.1, -0.05) is 91.0 Å². The molecule has 0 aliphatic heterocycles. The number of rotatable bonds is 4. The summed E-state index contributed by atoms with van der Waals surface area (Å²) in [5.74, 6) is 0. The van der Waals surface area contributed by atoms with Gasteiger partial charge in [-0.2, -0.15) is 0 Å². The summed E-state index contributed by atoms with van der Waals surface area (Å²) in [5.41, 5.74) is 4.90. The molecular formula is C24H19BO2. The molecule has 0 aromatic heterocycles. The Hall–Kier alpha value is -3.14. The van der Waals surface area contributed by atoms with Crippen molar-refractivity contribution in [3.8, 4) is 0 Å². The standard InChI is InChI=1S/C24H19BO2/c26-25(27)23-14-10-18(11-15-23)16-24(20-7-2-1-3-8-20)22-13-12-19-6-4-5-9-21(19)17-22/h1-17,26-27H. The first-order chi connectivity index (χ1) is 13.2. The van der Waals surface area contributed by atoms with E-state index in [1.54, 1.807) is 12.1 Å². The van der Waals surface area contributed by atoms with Crippen LogP contribution in [0.1, 0.15) is 16.7 Å². The molecule has 0 aliphatic rings. The molecule has 0 saturated heterocycles. The van der Waals surface area contributed by atoms with Crippen molar-refractivity contribution < 1.29 is 10.0 Å². The number of fused-ring (bicyclic) bond motifs is 1. The van der Waals surface area contributed by atoms with Gasteiger partial charge in [0.1, 0.15) is 0 Å². The number of hydrogen-bond donors (Lipinski definition) is 2. The maximum absolute atomic E-state index is 9.29. The van der Waals surface area contributed by atoms with Crippen LogP contribution in [0.2, 0.25) is 0 Å². The predicted octanol–water partition coefficient (Wildman–Crippen LogP) is 4.11. The second-order valence-electron chi connectivity index (χ2n) is 6.53. The zero-order chi connectivity index (χ0) is 18.6. The first kappa shape index (κ1) is 17.3. The van der Waals surface area contributed by atoms with Crippen molar-refractivity contribution in [2.75, 3.05) is 0 Å². The van der Waals surface area contributed by atoms with E-state index in [9.17, 15) is 10.0 Å². The molecule has 0 atom stereocenters. The smallest absolute Gasteiger partial charge is 0.423 e. The Bertz CT molecular complexity index is 1080. The molecule has 0 fully saturated rings. The highest BCUT2D eigenvalue weighted by Gasteiger charge is 2.10. The van der Waals surface area contributed by atoms with Crippen molar-refractivity contribution in [2.45, 2.75) is 0 Å². The van der Waals surface area contributed by atoms with E-state index in [0.29, 0.717) is 5.46 Å². The van der Waals surface area contributed by atoms with Gasteiger partial charge in [-0.05, 0) is 50.6 Å². The molecule has 0 radical (unpaired) electrons. The molecule has 2 N–H and O–H groups in total. The molecular weight excluding hydrogens is 331 g/mol. The first-order valence-corrected chi connectivity index (χ1v) is 8.93. The highest BCUT2D eigenvalue weighted by molar-refractivity contribution is 6.58. The Morgan fingerprint density at radius 2 is 1.30 bits per heavy atom. The van der Waals surface area contributed by atoms with Gasteiger partial charge >= 0.3 is 7.12 Å². The van der Waals surface area contributed by atoms with E-state index in [4.69, 9.17) is 0 Å². The molecule has 4 aromatic carbocycles. The summed E-state index contributed by atoms with van der Waals surface area (Å²) in [6, 6.07) is 32.4. The summed E-state index contributed by atoms with van der Waals surface area (Å²) in [5, 5.41) is 21.0. The highest BCUT2D eigenvalue weighted by Crippen LogP contribution is 2.28. The van der Waals surface area contributed by atoms with Gasteiger partial charge in [0.2, 0.25) is 0 Å². The van der Waals surface area contributed by atoms with Crippen molar-refractivity contribution in [1.82, 2.24) is 0 Å². The van der Waals surface area contributed by atoms with Crippen LogP contribution in [-0.4, -0.2) is 17.2 Å². The predicted molar refractivity (Wildman–Crippen MR) is 114 cm³/mol. The van der Waals surface area contributed by atoms with Gasteiger partial charge in [-0.3, -0.25) is 0 Å². The lowest BCUT2D eigenvalue weighted by Crippen LogP contribution is -2.29. The third-order valence-electron chi connectivity index (χ3n) is 4.69. The van der Waals surface area contributed by atoms with Crippen LogP contribution in [0.25, 0.3) is 22.4 Å². The SMILES string of the molecule is OB(O)c1ccc(C=C(c2ccccc2)c2ccc3ccccc3c2)cc1. The molecule has 0 aliphatic carbocycles. The Morgan fingerprint density at radius 1 is 0.630 bits per heavy atom. The van der Waals surface area contributed by atoms with E-state index >= 15 is 0 Å². The van der Waals surface area contributed by atoms with Crippen molar-refractivity contribution in [3.05, 3.63) is 114 Å². The molecule has 0 spiro atoms. The lowest BCUT2D eigenvalue weighted by Gasteiger charge is -2.11. The quantitative estimate of drug-likeness (QED) is 0.430. The molecule has 3 heteroatoms. The summed E-state index contributed by atoms with van der Waals surface area (Å²) in [6.07, 6.45) is 2.13. The van der Waals surface area contributed by atoms with Crippen molar-refractivity contribution in [1.29, 1.82) is 0 Å². The lowest BCUT2D eigenvalue weighted by molar-refractivity contribution is 0.426. The van der Waals surface area contributed by atoms with Crippen LogP contribution in [0, 0.1) is 0 Å². The summed E-state index contributed by atoms with van der Waals surface area (Å²) < 4.78 is 0. The zero-order valence-electron chi connectivity index (χ0n) is 14.8. The Balaban J connectivity index is 1.83. The minimum atomic E-state index is -1.45. The highest BCUT2D eigenvalue weighted by atomic mass is 16.4. The average Bonchev–Trinajstić information content (AvgIpc) is 2.72. The maximum atomic E-state index is 9.29. The molecule has 0 amide bonds. The Kier molecular flexibility index (Phi) is 4.88. The van der Waals surface area contributed by atoms with Gasteiger partial charge in [-0.15, -0.1) is 0 Å². The van der Waals surface area contributed by atoms with Crippen LogP contribution in [0.4, 0.5) is 0 Å². The number of benzene rings is 4. The van der Waals surface area contributed by atoms with E-state index in [0.717, 1.165) is 22.3 Å². The molecule has 0 bridgehead atoms. The second-order valence-corrected chi connectivity index (χ2v) is 6.53.